The summed E-state index contributed by atoms with van der Waals surface area (Å²) in [5.41, 5.74) is 0.811. The van der Waals surface area contributed by atoms with Crippen LogP contribution in [-0.2, 0) is 6.42 Å². The Kier molecular flexibility index (Phi) is 8.78. The van der Waals surface area contributed by atoms with Gasteiger partial charge in [-0.1, -0.05) is 32.6 Å². The first-order valence-electron chi connectivity index (χ1n) is 10.1. The quantitative estimate of drug-likeness (QED) is 0.385. The number of aryl methyl sites for hydroxylation is 1. The molecule has 3 rings (SSSR count). The van der Waals surface area contributed by atoms with Gasteiger partial charge in [-0.25, -0.2) is 13.6 Å². The number of carbonyl (C=O) groups excluding carboxylic acids is 1. The molecule has 0 saturated heterocycles. The molecule has 0 aromatic heterocycles. The van der Waals surface area contributed by atoms with Crippen molar-refractivity contribution in [2.45, 2.75) is 71.1 Å². The van der Waals surface area contributed by atoms with Crippen molar-refractivity contribution in [3.63, 3.8) is 0 Å². The maximum absolute atomic E-state index is 13.2. The maximum atomic E-state index is 13.2. The van der Waals surface area contributed by atoms with Crippen LogP contribution < -0.4 is 0 Å². The molecule has 2 aliphatic rings. The normalized spacial score (nSPS) is 28.2. The zero-order valence-corrected chi connectivity index (χ0v) is 16.0. The molecule has 0 bridgehead atoms. The fourth-order valence-corrected chi connectivity index (χ4v) is 4.83. The van der Waals surface area contributed by atoms with E-state index in [2.05, 4.69) is 6.92 Å². The average molecular weight is 386 g/mol. The highest BCUT2D eigenvalue weighted by atomic mass is 19.3. The molecule has 0 amide bonds. The Morgan fingerprint density at radius 3 is 1.78 bits per heavy atom. The van der Waals surface area contributed by atoms with Crippen molar-refractivity contribution in [3.05, 3.63) is 35.4 Å². The first kappa shape index (κ1) is 21.9. The molecular weight excluding hydrogens is 356 g/mol. The fourth-order valence-electron chi connectivity index (χ4n) is 4.83. The van der Waals surface area contributed by atoms with E-state index in [0.717, 1.165) is 48.1 Å². The Morgan fingerprint density at radius 2 is 1.30 bits per heavy atom. The summed E-state index contributed by atoms with van der Waals surface area (Å²) < 4.78 is 45.9. The third-order valence-corrected chi connectivity index (χ3v) is 6.38. The van der Waals surface area contributed by atoms with E-state index in [0.29, 0.717) is 0 Å². The van der Waals surface area contributed by atoms with E-state index in [-0.39, 0.29) is 0 Å². The van der Waals surface area contributed by atoms with Gasteiger partial charge in [-0.3, -0.25) is 0 Å². The van der Waals surface area contributed by atoms with E-state index < -0.39 is 17.9 Å². The summed E-state index contributed by atoms with van der Waals surface area (Å²) >= 11 is 0. The Balaban J connectivity index is 0.000000596. The molecule has 1 aromatic rings. The minimum Gasteiger partial charge on any atom is -0.219 e. The van der Waals surface area contributed by atoms with Gasteiger partial charge in [0.15, 0.2) is 0 Å². The third-order valence-electron chi connectivity index (χ3n) is 6.38. The molecule has 0 heterocycles. The molecule has 2 saturated carbocycles. The van der Waals surface area contributed by atoms with Crippen molar-refractivity contribution in [2.24, 2.45) is 23.7 Å². The first-order valence-corrected chi connectivity index (χ1v) is 10.1. The van der Waals surface area contributed by atoms with Gasteiger partial charge in [0.25, 0.3) is 0 Å². The number of hydrogen-bond acceptors (Lipinski definition) is 1. The van der Waals surface area contributed by atoms with Gasteiger partial charge in [0.2, 0.25) is 0 Å². The van der Waals surface area contributed by atoms with Gasteiger partial charge in [-0.05, 0) is 79.9 Å². The lowest BCUT2D eigenvalue weighted by molar-refractivity contribution is 0.148. The summed E-state index contributed by atoms with van der Waals surface area (Å²) in [6.45, 7) is 2.39. The number of benzene rings is 1. The molecule has 152 valence electrons. The molecule has 0 atom stereocenters. The summed E-state index contributed by atoms with van der Waals surface area (Å²) in [5.74, 6) is 2.72. The van der Waals surface area contributed by atoms with Gasteiger partial charge in [0.1, 0.15) is 11.6 Å². The second-order valence-electron chi connectivity index (χ2n) is 8.34. The lowest BCUT2D eigenvalue weighted by Gasteiger charge is -2.37. The van der Waals surface area contributed by atoms with Crippen LogP contribution in [0, 0.1) is 35.3 Å². The highest BCUT2D eigenvalue weighted by molar-refractivity contribution is 5.55. The fraction of sp³-hybridized carbons (Fsp3) is 0.682. The Hall–Kier alpha value is -1.39. The van der Waals surface area contributed by atoms with Crippen molar-refractivity contribution in [1.82, 2.24) is 0 Å². The van der Waals surface area contributed by atoms with Crippen molar-refractivity contribution >= 4 is 6.29 Å². The van der Waals surface area contributed by atoms with Gasteiger partial charge in [0.05, 0.1) is 0 Å². The van der Waals surface area contributed by atoms with Crippen LogP contribution in [0.1, 0.15) is 70.3 Å². The zero-order chi connectivity index (χ0) is 19.8. The molecule has 1 nitrogen and oxygen atoms in total. The summed E-state index contributed by atoms with van der Waals surface area (Å²) in [6, 6.07) is 3.93. The van der Waals surface area contributed by atoms with E-state index in [1.54, 1.807) is 0 Å². The van der Waals surface area contributed by atoms with E-state index in [1.165, 1.54) is 63.5 Å². The summed E-state index contributed by atoms with van der Waals surface area (Å²) in [6.07, 6.45) is 10.2. The van der Waals surface area contributed by atoms with Gasteiger partial charge < -0.3 is 0 Å². The molecule has 27 heavy (non-hydrogen) atoms. The van der Waals surface area contributed by atoms with Gasteiger partial charge in [-0.15, -0.1) is 8.78 Å². The van der Waals surface area contributed by atoms with Crippen molar-refractivity contribution in [3.8, 4) is 0 Å². The average Bonchev–Trinajstić information content (AvgIpc) is 2.60. The summed E-state index contributed by atoms with van der Waals surface area (Å²) in [5, 5.41) is 0. The van der Waals surface area contributed by atoms with Crippen LogP contribution in [0.3, 0.4) is 0 Å². The molecule has 0 spiro atoms. The minimum atomic E-state index is -2.83. The third kappa shape index (κ3) is 8.02. The van der Waals surface area contributed by atoms with Gasteiger partial charge in [0, 0.05) is 6.07 Å². The lowest BCUT2D eigenvalue weighted by atomic mass is 9.69. The highest BCUT2D eigenvalue weighted by Gasteiger charge is 2.29. The standard InChI is InChI=1S/C21H30F2.CF2O/c1-15-2-8-18(9-3-15)19-10-6-16(7-11-19)4-5-17-12-20(22)14-21(23)13-17;2-1(3)4/h12-16,18-19H,2-11H2,1H3;. The van der Waals surface area contributed by atoms with Crippen LogP contribution >= 0.6 is 0 Å². The van der Waals surface area contributed by atoms with Crippen LogP contribution in [0.15, 0.2) is 18.2 Å². The van der Waals surface area contributed by atoms with Gasteiger partial charge in [-0.2, -0.15) is 0 Å². The van der Waals surface area contributed by atoms with Crippen LogP contribution in [0.2, 0.25) is 0 Å². The van der Waals surface area contributed by atoms with Crippen molar-refractivity contribution < 1.29 is 22.4 Å². The molecular formula is C22H30F4O. The van der Waals surface area contributed by atoms with Gasteiger partial charge >= 0.3 is 6.29 Å². The van der Waals surface area contributed by atoms with Crippen molar-refractivity contribution in [1.29, 1.82) is 0 Å². The molecule has 2 aliphatic carbocycles. The van der Waals surface area contributed by atoms with Crippen LogP contribution in [0.4, 0.5) is 22.4 Å². The number of hydrogen-bond donors (Lipinski definition) is 0. The largest absolute Gasteiger partial charge is 0.483 e. The smallest absolute Gasteiger partial charge is 0.219 e. The van der Waals surface area contributed by atoms with Crippen LogP contribution in [-0.4, -0.2) is 6.29 Å². The zero-order valence-electron chi connectivity index (χ0n) is 16.0. The summed E-state index contributed by atoms with van der Waals surface area (Å²) in [7, 11) is 0. The number of halogens is 4. The molecule has 0 aliphatic heterocycles. The number of rotatable bonds is 4. The predicted molar refractivity (Wildman–Crippen MR) is 98.9 cm³/mol. The number of carbonyl (C=O) groups is 1. The Bertz CT molecular complexity index is 564. The maximum Gasteiger partial charge on any atom is 0.483 e. The Morgan fingerprint density at radius 1 is 0.852 bits per heavy atom. The first-order chi connectivity index (χ1) is 12.8. The lowest BCUT2D eigenvalue weighted by Crippen LogP contribution is -2.25. The minimum absolute atomic E-state index is 0.449. The Labute approximate surface area is 159 Å². The summed E-state index contributed by atoms with van der Waals surface area (Å²) in [4.78, 5) is 8.11. The van der Waals surface area contributed by atoms with E-state index in [4.69, 9.17) is 4.79 Å². The van der Waals surface area contributed by atoms with Crippen LogP contribution in [0.25, 0.3) is 0 Å². The molecule has 0 N–H and O–H groups in total. The van der Waals surface area contributed by atoms with Crippen molar-refractivity contribution in [2.75, 3.05) is 0 Å². The van der Waals surface area contributed by atoms with E-state index >= 15 is 0 Å². The molecule has 2 fully saturated rings. The topological polar surface area (TPSA) is 17.1 Å². The predicted octanol–water partition coefficient (Wildman–Crippen LogP) is 7.58. The second kappa shape index (κ2) is 10.8. The van der Waals surface area contributed by atoms with E-state index in [1.807, 2.05) is 0 Å². The monoisotopic (exact) mass is 386 g/mol. The van der Waals surface area contributed by atoms with E-state index in [9.17, 15) is 17.6 Å². The molecule has 0 radical (unpaired) electrons. The SMILES string of the molecule is CC1CCC(C2CCC(CCc3cc(F)cc(F)c3)CC2)CC1.O=C(F)F. The highest BCUT2D eigenvalue weighted by Crippen LogP contribution is 2.42. The molecule has 5 heteroatoms. The molecule has 1 aromatic carbocycles. The second-order valence-corrected chi connectivity index (χ2v) is 8.34. The molecule has 0 unspecified atom stereocenters. The van der Waals surface area contributed by atoms with Crippen LogP contribution in [0.5, 0.6) is 0 Å².